The number of anilines is 3. The Morgan fingerprint density at radius 3 is 2.57 bits per heavy atom. The van der Waals surface area contributed by atoms with Crippen LogP contribution in [0.5, 0.6) is 0 Å². The third-order valence-corrected chi connectivity index (χ3v) is 9.22. The third kappa shape index (κ3) is 3.91. The molecule has 6 rings (SSSR count). The SMILES string of the molecule is Cc1nc(Sc2ccnc(N3CCCC3)c2Cl)c(N)nc1N1CCC2(CC1)Cc1ncoc1[C@H]2N. The van der Waals surface area contributed by atoms with E-state index in [1.54, 1.807) is 6.20 Å². The van der Waals surface area contributed by atoms with Crippen molar-refractivity contribution in [2.45, 2.75) is 55.0 Å². The molecule has 0 aromatic carbocycles. The fourth-order valence-electron chi connectivity index (χ4n) is 5.66. The minimum atomic E-state index is -0.103. The van der Waals surface area contributed by atoms with Crippen LogP contribution in [0.4, 0.5) is 17.5 Å². The molecule has 2 aliphatic heterocycles. The van der Waals surface area contributed by atoms with E-state index in [-0.39, 0.29) is 11.5 Å². The average molecular weight is 513 g/mol. The highest BCUT2D eigenvalue weighted by atomic mass is 35.5. The molecule has 184 valence electrons. The summed E-state index contributed by atoms with van der Waals surface area (Å²) < 4.78 is 5.56. The van der Waals surface area contributed by atoms with Gasteiger partial charge in [0.25, 0.3) is 0 Å². The summed E-state index contributed by atoms with van der Waals surface area (Å²) in [6.07, 6.45) is 8.40. The lowest BCUT2D eigenvalue weighted by Gasteiger charge is -2.42. The molecule has 1 spiro atoms. The molecule has 1 aliphatic carbocycles. The van der Waals surface area contributed by atoms with Crippen LogP contribution in [0, 0.1) is 12.3 Å². The summed E-state index contributed by atoms with van der Waals surface area (Å²) in [4.78, 5) is 23.9. The first kappa shape index (κ1) is 22.9. The summed E-state index contributed by atoms with van der Waals surface area (Å²) in [6, 6.07) is 1.80. The Kier molecular flexibility index (Phi) is 5.77. The van der Waals surface area contributed by atoms with E-state index in [1.165, 1.54) is 31.0 Å². The normalized spacial score (nSPS) is 21.2. The zero-order valence-corrected chi connectivity index (χ0v) is 21.3. The van der Waals surface area contributed by atoms with Gasteiger partial charge in [0.2, 0.25) is 0 Å². The predicted octanol–water partition coefficient (Wildman–Crippen LogP) is 4.00. The Morgan fingerprint density at radius 2 is 1.83 bits per heavy atom. The maximum absolute atomic E-state index is 6.74. The Hall–Kier alpha value is -2.56. The number of pyridine rings is 1. The maximum Gasteiger partial charge on any atom is 0.181 e. The Morgan fingerprint density at radius 1 is 1.09 bits per heavy atom. The fraction of sp³-hybridized carbons (Fsp3) is 0.500. The second-order valence-corrected chi connectivity index (χ2v) is 11.1. The van der Waals surface area contributed by atoms with Crippen molar-refractivity contribution in [3.05, 3.63) is 40.8 Å². The molecule has 11 heteroatoms. The standard InChI is InChI=1S/C24H29ClN8OS/c1-14-21(33-10-5-24(6-11-33)12-15-18(19(24)26)34-13-29-15)31-20(27)23(30-14)35-16-4-7-28-22(17(16)25)32-8-2-3-9-32/h4,7,13,19H,2-3,5-6,8-12,26H2,1H3,(H2,27,31)/t19-/m1/s1. The van der Waals surface area contributed by atoms with Crippen LogP contribution in [0.1, 0.15) is 48.9 Å². The van der Waals surface area contributed by atoms with Gasteiger partial charge in [0.1, 0.15) is 16.6 Å². The lowest BCUT2D eigenvalue weighted by Crippen LogP contribution is -2.45. The van der Waals surface area contributed by atoms with Gasteiger partial charge in [-0.1, -0.05) is 23.4 Å². The van der Waals surface area contributed by atoms with Gasteiger partial charge in [0.05, 0.1) is 22.5 Å². The number of nitrogen functional groups attached to an aromatic ring is 1. The molecule has 0 saturated carbocycles. The molecule has 2 fully saturated rings. The smallest absolute Gasteiger partial charge is 0.181 e. The third-order valence-electron chi connectivity index (χ3n) is 7.68. The van der Waals surface area contributed by atoms with Crippen LogP contribution in [0.2, 0.25) is 5.02 Å². The largest absolute Gasteiger partial charge is 0.447 e. The summed E-state index contributed by atoms with van der Waals surface area (Å²) in [5.41, 5.74) is 14.8. The number of aromatic nitrogens is 4. The lowest BCUT2D eigenvalue weighted by atomic mass is 9.73. The van der Waals surface area contributed by atoms with Gasteiger partial charge >= 0.3 is 0 Å². The average Bonchev–Trinajstić information content (AvgIpc) is 3.59. The first-order valence-corrected chi connectivity index (χ1v) is 13.3. The summed E-state index contributed by atoms with van der Waals surface area (Å²) in [7, 11) is 0. The van der Waals surface area contributed by atoms with Crippen molar-refractivity contribution >= 4 is 40.8 Å². The number of oxazole rings is 1. The Labute approximate surface area is 213 Å². The highest BCUT2D eigenvalue weighted by molar-refractivity contribution is 7.99. The van der Waals surface area contributed by atoms with Crippen LogP contribution in [0.15, 0.2) is 33.0 Å². The molecule has 0 amide bonds. The van der Waals surface area contributed by atoms with Crippen LogP contribution in [-0.4, -0.2) is 46.1 Å². The van der Waals surface area contributed by atoms with Gasteiger partial charge in [-0.05, 0) is 38.7 Å². The van der Waals surface area contributed by atoms with E-state index in [4.69, 9.17) is 37.5 Å². The van der Waals surface area contributed by atoms with Crippen molar-refractivity contribution in [1.82, 2.24) is 19.9 Å². The van der Waals surface area contributed by atoms with Crippen molar-refractivity contribution < 1.29 is 4.42 Å². The topological polar surface area (TPSA) is 123 Å². The Bertz CT molecular complexity index is 1250. The van der Waals surface area contributed by atoms with Gasteiger partial charge in [-0.3, -0.25) is 0 Å². The minimum absolute atomic E-state index is 0.00669. The molecular weight excluding hydrogens is 484 g/mol. The monoisotopic (exact) mass is 512 g/mol. The summed E-state index contributed by atoms with van der Waals surface area (Å²) in [5.74, 6) is 2.93. The highest BCUT2D eigenvalue weighted by Crippen LogP contribution is 2.51. The highest BCUT2D eigenvalue weighted by Gasteiger charge is 2.49. The molecule has 35 heavy (non-hydrogen) atoms. The van der Waals surface area contributed by atoms with Crippen molar-refractivity contribution in [3.8, 4) is 0 Å². The first-order valence-electron chi connectivity index (χ1n) is 12.1. The van der Waals surface area contributed by atoms with E-state index in [1.807, 2.05) is 13.0 Å². The summed E-state index contributed by atoms with van der Waals surface area (Å²) in [5, 5.41) is 1.30. The number of aryl methyl sites for hydroxylation is 1. The quantitative estimate of drug-likeness (QED) is 0.530. The number of halogens is 1. The van der Waals surface area contributed by atoms with Crippen molar-refractivity contribution in [2.24, 2.45) is 11.1 Å². The molecule has 0 bridgehead atoms. The number of hydrogen-bond donors (Lipinski definition) is 2. The minimum Gasteiger partial charge on any atom is -0.447 e. The molecule has 5 heterocycles. The lowest BCUT2D eigenvalue weighted by molar-refractivity contribution is 0.173. The fourth-order valence-corrected chi connectivity index (χ4v) is 6.86. The van der Waals surface area contributed by atoms with Crippen molar-refractivity contribution in [3.63, 3.8) is 0 Å². The second-order valence-electron chi connectivity index (χ2n) is 9.73. The van der Waals surface area contributed by atoms with E-state index in [9.17, 15) is 0 Å². The van der Waals surface area contributed by atoms with Gasteiger partial charge in [-0.15, -0.1) is 0 Å². The molecule has 3 aromatic rings. The Balaban J connectivity index is 1.18. The molecule has 9 nitrogen and oxygen atoms in total. The maximum atomic E-state index is 6.74. The van der Waals surface area contributed by atoms with E-state index < -0.39 is 0 Å². The summed E-state index contributed by atoms with van der Waals surface area (Å²) >= 11 is 8.18. The number of nitrogens with two attached hydrogens (primary N) is 2. The van der Waals surface area contributed by atoms with Gasteiger partial charge in [-0.25, -0.2) is 19.9 Å². The van der Waals surface area contributed by atoms with E-state index >= 15 is 0 Å². The van der Waals surface area contributed by atoms with Crippen LogP contribution in [-0.2, 0) is 6.42 Å². The number of piperidine rings is 1. The number of hydrogen-bond acceptors (Lipinski definition) is 10. The van der Waals surface area contributed by atoms with E-state index in [0.29, 0.717) is 15.9 Å². The van der Waals surface area contributed by atoms with Crippen molar-refractivity contribution in [2.75, 3.05) is 41.7 Å². The van der Waals surface area contributed by atoms with Gasteiger partial charge in [0.15, 0.2) is 18.0 Å². The van der Waals surface area contributed by atoms with E-state index in [0.717, 1.165) is 79.1 Å². The molecule has 4 N–H and O–H groups in total. The van der Waals surface area contributed by atoms with Crippen LogP contribution < -0.4 is 21.3 Å². The molecular formula is C24H29ClN8OS. The molecule has 0 unspecified atom stereocenters. The zero-order chi connectivity index (χ0) is 24.2. The van der Waals surface area contributed by atoms with Crippen molar-refractivity contribution in [1.29, 1.82) is 0 Å². The van der Waals surface area contributed by atoms with Gasteiger partial charge in [-0.2, -0.15) is 0 Å². The second kappa shape index (κ2) is 8.83. The molecule has 3 aliphatic rings. The van der Waals surface area contributed by atoms with Crippen LogP contribution >= 0.6 is 23.4 Å². The number of nitrogens with zero attached hydrogens (tertiary/aromatic N) is 6. The first-order chi connectivity index (χ1) is 16.9. The molecule has 2 saturated heterocycles. The molecule has 3 aromatic heterocycles. The van der Waals surface area contributed by atoms with E-state index in [2.05, 4.69) is 19.8 Å². The van der Waals surface area contributed by atoms with Gasteiger partial charge in [0, 0.05) is 49.1 Å². The van der Waals surface area contributed by atoms with Crippen LogP contribution in [0.25, 0.3) is 0 Å². The molecule has 0 radical (unpaired) electrons. The molecule has 1 atom stereocenters. The van der Waals surface area contributed by atoms with Crippen LogP contribution in [0.3, 0.4) is 0 Å². The predicted molar refractivity (Wildman–Crippen MR) is 137 cm³/mol. The van der Waals surface area contributed by atoms with Gasteiger partial charge < -0.3 is 25.7 Å². The number of rotatable bonds is 4. The summed E-state index contributed by atoms with van der Waals surface area (Å²) in [6.45, 7) is 5.64. The number of fused-ring (bicyclic) bond motifs is 1. The zero-order valence-electron chi connectivity index (χ0n) is 19.7.